The molecule has 23 heavy (non-hydrogen) atoms. The Bertz CT molecular complexity index is 739. The van der Waals surface area contributed by atoms with Gasteiger partial charge in [-0.3, -0.25) is 4.79 Å². The maximum atomic E-state index is 13.4. The van der Waals surface area contributed by atoms with Gasteiger partial charge < -0.3 is 10.6 Å². The molecule has 2 aromatic rings. The predicted molar refractivity (Wildman–Crippen MR) is 85.8 cm³/mol. The van der Waals surface area contributed by atoms with Crippen LogP contribution in [0.4, 0.5) is 14.5 Å². The van der Waals surface area contributed by atoms with Gasteiger partial charge in [-0.1, -0.05) is 23.7 Å². The van der Waals surface area contributed by atoms with Crippen molar-refractivity contribution in [1.29, 1.82) is 0 Å². The van der Waals surface area contributed by atoms with Crippen LogP contribution in [-0.4, -0.2) is 19.5 Å². The van der Waals surface area contributed by atoms with Crippen molar-refractivity contribution in [3.63, 3.8) is 0 Å². The minimum absolute atomic E-state index is 0.0274. The minimum Gasteiger partial charge on any atom is -0.328 e. The zero-order valence-corrected chi connectivity index (χ0v) is 12.9. The number of benzene rings is 2. The molecule has 0 spiro atoms. The van der Waals surface area contributed by atoms with E-state index in [1.54, 1.807) is 18.2 Å². The van der Waals surface area contributed by atoms with Crippen molar-refractivity contribution in [3.8, 4) is 0 Å². The van der Waals surface area contributed by atoms with Crippen LogP contribution in [0.1, 0.15) is 23.0 Å². The quantitative estimate of drug-likeness (QED) is 0.837. The van der Waals surface area contributed by atoms with Crippen LogP contribution in [0.2, 0.25) is 5.02 Å². The van der Waals surface area contributed by atoms with Gasteiger partial charge in [0, 0.05) is 30.6 Å². The Morgan fingerprint density at radius 1 is 1.13 bits per heavy atom. The van der Waals surface area contributed by atoms with Crippen LogP contribution < -0.4 is 10.6 Å². The number of hydrogen-bond acceptors (Lipinski definition) is 2. The molecule has 2 N–H and O–H groups in total. The van der Waals surface area contributed by atoms with Crippen molar-refractivity contribution in [3.05, 3.63) is 64.2 Å². The lowest BCUT2D eigenvalue weighted by Crippen LogP contribution is -2.12. The fourth-order valence-electron chi connectivity index (χ4n) is 3.14. The van der Waals surface area contributed by atoms with E-state index in [0.717, 1.165) is 11.1 Å². The Kier molecular flexibility index (Phi) is 4.59. The Hall–Kier alpha value is -1.98. The summed E-state index contributed by atoms with van der Waals surface area (Å²) in [6.45, 7) is 1.38. The molecule has 1 saturated heterocycles. The molecule has 1 aliphatic heterocycles. The Balaban J connectivity index is 1.98. The van der Waals surface area contributed by atoms with E-state index in [1.807, 2.05) is 0 Å². The summed E-state index contributed by atoms with van der Waals surface area (Å²) < 4.78 is 26.8. The molecule has 0 bridgehead atoms. The van der Waals surface area contributed by atoms with E-state index in [4.69, 9.17) is 11.6 Å². The number of nitrogens with one attached hydrogen (secondary N) is 2. The summed E-state index contributed by atoms with van der Waals surface area (Å²) in [4.78, 5) is 10.8. The molecule has 0 aliphatic carbocycles. The van der Waals surface area contributed by atoms with E-state index in [0.29, 0.717) is 25.2 Å². The first-order chi connectivity index (χ1) is 11.1. The molecule has 0 aromatic heterocycles. The van der Waals surface area contributed by atoms with Gasteiger partial charge >= 0.3 is 0 Å². The lowest BCUT2D eigenvalue weighted by Gasteiger charge is -2.22. The van der Waals surface area contributed by atoms with Gasteiger partial charge in [-0.25, -0.2) is 8.78 Å². The second kappa shape index (κ2) is 6.64. The van der Waals surface area contributed by atoms with Crippen molar-refractivity contribution >= 4 is 23.7 Å². The monoisotopic (exact) mass is 336 g/mol. The number of amides is 1. The molecule has 0 saturated carbocycles. The van der Waals surface area contributed by atoms with Crippen LogP contribution in [0.25, 0.3) is 0 Å². The summed E-state index contributed by atoms with van der Waals surface area (Å²) in [5.41, 5.74) is 2.20. The fourth-order valence-corrected chi connectivity index (χ4v) is 3.33. The molecule has 6 heteroatoms. The van der Waals surface area contributed by atoms with Gasteiger partial charge in [0.25, 0.3) is 0 Å². The topological polar surface area (TPSA) is 41.1 Å². The number of carbonyl (C=O) groups excluding carboxylic acids is 1. The first kappa shape index (κ1) is 15.9. The standard InChI is InChI=1S/C17H15ClF2N2O/c18-15-5-10(1-4-16(15)20)13-7-21-8-14(13)12-3-2-11(19)6-17(12)22-9-23/h1-6,9,13-14,21H,7-8H2,(H,22,23). The maximum absolute atomic E-state index is 13.4. The molecule has 2 unspecified atom stereocenters. The van der Waals surface area contributed by atoms with E-state index in [9.17, 15) is 13.6 Å². The highest BCUT2D eigenvalue weighted by atomic mass is 35.5. The molecule has 1 fully saturated rings. The predicted octanol–water partition coefficient (Wildman–Crippen LogP) is 3.66. The van der Waals surface area contributed by atoms with Gasteiger partial charge in [-0.05, 0) is 35.4 Å². The van der Waals surface area contributed by atoms with Crippen molar-refractivity contribution < 1.29 is 13.6 Å². The van der Waals surface area contributed by atoms with Crippen LogP contribution in [0.5, 0.6) is 0 Å². The smallest absolute Gasteiger partial charge is 0.211 e. The van der Waals surface area contributed by atoms with Gasteiger partial charge in [0.1, 0.15) is 11.6 Å². The summed E-state index contributed by atoms with van der Waals surface area (Å²) >= 11 is 5.88. The number of anilines is 1. The highest BCUT2D eigenvalue weighted by molar-refractivity contribution is 6.30. The van der Waals surface area contributed by atoms with Crippen molar-refractivity contribution in [2.45, 2.75) is 11.8 Å². The Morgan fingerprint density at radius 3 is 2.65 bits per heavy atom. The summed E-state index contributed by atoms with van der Waals surface area (Å²) in [5, 5.41) is 5.92. The van der Waals surface area contributed by atoms with Crippen LogP contribution in [0, 0.1) is 11.6 Å². The number of halogens is 3. The van der Waals surface area contributed by atoms with Gasteiger partial charge in [-0.15, -0.1) is 0 Å². The average molecular weight is 337 g/mol. The van der Waals surface area contributed by atoms with Gasteiger partial charge in [-0.2, -0.15) is 0 Å². The third-order valence-electron chi connectivity index (χ3n) is 4.22. The van der Waals surface area contributed by atoms with Gasteiger partial charge in [0.15, 0.2) is 0 Å². The molecule has 120 valence electrons. The minimum atomic E-state index is -0.456. The van der Waals surface area contributed by atoms with Crippen molar-refractivity contribution in [2.24, 2.45) is 0 Å². The van der Waals surface area contributed by atoms with Crippen LogP contribution in [-0.2, 0) is 4.79 Å². The summed E-state index contributed by atoms with van der Waals surface area (Å²) in [5.74, 6) is -0.779. The third kappa shape index (κ3) is 3.21. The summed E-state index contributed by atoms with van der Waals surface area (Å²) in [7, 11) is 0. The van der Waals surface area contributed by atoms with E-state index in [2.05, 4.69) is 10.6 Å². The second-order valence-corrected chi connectivity index (χ2v) is 5.95. The van der Waals surface area contributed by atoms with Crippen LogP contribution in [0.3, 0.4) is 0 Å². The van der Waals surface area contributed by atoms with Gasteiger partial charge in [0.2, 0.25) is 6.41 Å². The second-order valence-electron chi connectivity index (χ2n) is 5.54. The zero-order chi connectivity index (χ0) is 16.4. The fraction of sp³-hybridized carbons (Fsp3) is 0.235. The van der Waals surface area contributed by atoms with E-state index >= 15 is 0 Å². The largest absolute Gasteiger partial charge is 0.328 e. The number of carbonyl (C=O) groups is 1. The SMILES string of the molecule is O=CNc1cc(F)ccc1C1CNCC1c1ccc(F)c(Cl)c1. The van der Waals surface area contributed by atoms with Crippen molar-refractivity contribution in [2.75, 3.05) is 18.4 Å². The molecular formula is C17H15ClF2N2O. The Morgan fingerprint density at radius 2 is 1.91 bits per heavy atom. The number of hydrogen-bond donors (Lipinski definition) is 2. The molecule has 2 aromatic carbocycles. The molecule has 1 heterocycles. The van der Waals surface area contributed by atoms with E-state index < -0.39 is 11.6 Å². The van der Waals surface area contributed by atoms with Crippen molar-refractivity contribution in [1.82, 2.24) is 5.32 Å². The highest BCUT2D eigenvalue weighted by Gasteiger charge is 2.31. The molecule has 0 radical (unpaired) electrons. The van der Waals surface area contributed by atoms with E-state index in [1.165, 1.54) is 18.2 Å². The Labute approximate surface area is 137 Å². The first-order valence-corrected chi connectivity index (χ1v) is 7.63. The molecule has 3 nitrogen and oxygen atoms in total. The average Bonchev–Trinajstić information content (AvgIpc) is 3.00. The molecular weight excluding hydrogens is 322 g/mol. The third-order valence-corrected chi connectivity index (χ3v) is 4.50. The lowest BCUT2D eigenvalue weighted by molar-refractivity contribution is -0.105. The van der Waals surface area contributed by atoms with Crippen LogP contribution >= 0.6 is 11.6 Å². The summed E-state index contributed by atoms with van der Waals surface area (Å²) in [6.07, 6.45) is 0.532. The lowest BCUT2D eigenvalue weighted by atomic mass is 9.83. The van der Waals surface area contributed by atoms with Crippen LogP contribution in [0.15, 0.2) is 36.4 Å². The zero-order valence-electron chi connectivity index (χ0n) is 12.2. The first-order valence-electron chi connectivity index (χ1n) is 7.25. The number of rotatable bonds is 4. The molecule has 1 aliphatic rings. The van der Waals surface area contributed by atoms with E-state index in [-0.39, 0.29) is 16.9 Å². The summed E-state index contributed by atoms with van der Waals surface area (Å²) in [6, 6.07) is 9.04. The van der Waals surface area contributed by atoms with Gasteiger partial charge in [0.05, 0.1) is 5.02 Å². The molecule has 2 atom stereocenters. The molecule has 3 rings (SSSR count). The maximum Gasteiger partial charge on any atom is 0.211 e. The highest BCUT2D eigenvalue weighted by Crippen LogP contribution is 2.40. The molecule has 1 amide bonds. The normalized spacial score (nSPS) is 20.5.